The van der Waals surface area contributed by atoms with Crippen molar-refractivity contribution in [2.24, 2.45) is 0 Å². The molecule has 0 radical (unpaired) electrons. The van der Waals surface area contributed by atoms with Crippen LogP contribution in [0.4, 0.5) is 0 Å². The van der Waals surface area contributed by atoms with Crippen molar-refractivity contribution in [3.8, 4) is 0 Å². The molecule has 0 aliphatic carbocycles. The molecule has 0 saturated carbocycles. The quantitative estimate of drug-likeness (QED) is 0.514. The number of nitrogens with zero attached hydrogens (tertiary/aromatic N) is 3. The van der Waals surface area contributed by atoms with E-state index in [4.69, 9.17) is 10.2 Å². The summed E-state index contributed by atoms with van der Waals surface area (Å²) in [6, 6.07) is 0. The molecule has 3 N–H and O–H groups in total. The number of amides is 1. The van der Waals surface area contributed by atoms with Gasteiger partial charge < -0.3 is 15.5 Å². The molecule has 1 aromatic heterocycles. The molecule has 8 heteroatoms. The van der Waals surface area contributed by atoms with E-state index in [0.29, 0.717) is 0 Å². The normalized spacial score (nSPS) is 12.1. The van der Waals surface area contributed by atoms with Gasteiger partial charge in [0.05, 0.1) is 12.7 Å². The van der Waals surface area contributed by atoms with E-state index in [1.807, 2.05) is 0 Å². The van der Waals surface area contributed by atoms with Gasteiger partial charge in [-0.3, -0.25) is 4.79 Å². The minimum absolute atomic E-state index is 0.0632. The van der Waals surface area contributed by atoms with E-state index in [1.165, 1.54) is 17.1 Å². The Balaban J connectivity index is 2.28. The summed E-state index contributed by atoms with van der Waals surface area (Å²) < 4.78 is 1.28. The molecule has 0 aliphatic heterocycles. The monoisotopic (exact) mass is 214 g/mol. The number of carbonyl (C=O) groups is 2. The van der Waals surface area contributed by atoms with Gasteiger partial charge >= 0.3 is 5.97 Å². The third-order valence-corrected chi connectivity index (χ3v) is 1.56. The number of rotatable bonds is 5. The van der Waals surface area contributed by atoms with E-state index in [9.17, 15) is 9.59 Å². The Kier molecular flexibility index (Phi) is 3.75. The molecule has 0 spiro atoms. The number of hydrogen-bond donors (Lipinski definition) is 3. The smallest absolute Gasteiger partial charge is 0.334 e. The summed E-state index contributed by atoms with van der Waals surface area (Å²) in [5.41, 5.74) is 0. The highest BCUT2D eigenvalue weighted by Crippen LogP contribution is 1.83. The van der Waals surface area contributed by atoms with Crippen molar-refractivity contribution in [3.05, 3.63) is 12.4 Å². The van der Waals surface area contributed by atoms with Crippen LogP contribution in [0.2, 0.25) is 0 Å². The van der Waals surface area contributed by atoms with Crippen LogP contribution < -0.4 is 5.32 Å². The zero-order valence-corrected chi connectivity index (χ0v) is 7.70. The van der Waals surface area contributed by atoms with E-state index in [2.05, 4.69) is 15.6 Å². The maximum atomic E-state index is 11.1. The molecule has 1 rings (SSSR count). The van der Waals surface area contributed by atoms with Crippen LogP contribution in [0.25, 0.3) is 0 Å². The molecular formula is C7H10N4O4. The van der Waals surface area contributed by atoms with Gasteiger partial charge in [-0.25, -0.2) is 9.48 Å². The van der Waals surface area contributed by atoms with Crippen LogP contribution in [-0.2, 0) is 16.1 Å². The molecule has 0 aromatic carbocycles. The van der Waals surface area contributed by atoms with Gasteiger partial charge in [-0.15, -0.1) is 5.10 Å². The highest BCUT2D eigenvalue weighted by molar-refractivity contribution is 5.77. The SMILES string of the molecule is O=C(Cn1ccnn1)NC[C@H](O)C(=O)O. The Morgan fingerprint density at radius 1 is 1.53 bits per heavy atom. The summed E-state index contributed by atoms with van der Waals surface area (Å²) in [6.45, 7) is -0.394. The molecule has 0 saturated heterocycles. The number of nitrogens with one attached hydrogen (secondary N) is 1. The van der Waals surface area contributed by atoms with Crippen molar-refractivity contribution in [1.29, 1.82) is 0 Å². The maximum absolute atomic E-state index is 11.1. The highest BCUT2D eigenvalue weighted by Gasteiger charge is 2.14. The summed E-state index contributed by atoms with van der Waals surface area (Å²) in [5.74, 6) is -1.82. The summed E-state index contributed by atoms with van der Waals surface area (Å²) in [5, 5.41) is 26.5. The van der Waals surface area contributed by atoms with Crippen LogP contribution in [0.1, 0.15) is 0 Å². The minimum atomic E-state index is -1.59. The Morgan fingerprint density at radius 2 is 2.27 bits per heavy atom. The van der Waals surface area contributed by atoms with Crippen LogP contribution >= 0.6 is 0 Å². The number of aromatic nitrogens is 3. The number of aliphatic hydroxyl groups excluding tert-OH is 1. The fourth-order valence-electron chi connectivity index (χ4n) is 0.818. The molecule has 82 valence electrons. The van der Waals surface area contributed by atoms with Gasteiger partial charge in [0.25, 0.3) is 0 Å². The van der Waals surface area contributed by atoms with Crippen molar-refractivity contribution < 1.29 is 19.8 Å². The van der Waals surface area contributed by atoms with E-state index < -0.39 is 18.0 Å². The molecule has 0 unspecified atom stereocenters. The molecule has 8 nitrogen and oxygen atoms in total. The average molecular weight is 214 g/mol. The number of hydrogen-bond acceptors (Lipinski definition) is 5. The van der Waals surface area contributed by atoms with E-state index >= 15 is 0 Å². The van der Waals surface area contributed by atoms with Crippen molar-refractivity contribution in [1.82, 2.24) is 20.3 Å². The number of carboxylic acids is 1. The van der Waals surface area contributed by atoms with Crippen LogP contribution in [0.5, 0.6) is 0 Å². The first kappa shape index (κ1) is 11.1. The van der Waals surface area contributed by atoms with Crippen LogP contribution in [0.15, 0.2) is 12.4 Å². The Hall–Kier alpha value is -1.96. The number of carboxylic acid groups (broad SMARTS) is 1. The van der Waals surface area contributed by atoms with Crippen LogP contribution in [0.3, 0.4) is 0 Å². The molecule has 1 amide bonds. The fourth-order valence-corrected chi connectivity index (χ4v) is 0.818. The van der Waals surface area contributed by atoms with Gasteiger partial charge in [0.1, 0.15) is 6.54 Å². The van der Waals surface area contributed by atoms with E-state index in [0.717, 1.165) is 0 Å². The molecule has 0 bridgehead atoms. The van der Waals surface area contributed by atoms with Crippen LogP contribution in [0, 0.1) is 0 Å². The second kappa shape index (κ2) is 5.05. The lowest BCUT2D eigenvalue weighted by Crippen LogP contribution is -2.38. The molecule has 15 heavy (non-hydrogen) atoms. The van der Waals surface area contributed by atoms with Crippen molar-refractivity contribution >= 4 is 11.9 Å². The molecule has 1 heterocycles. The second-order valence-corrected chi connectivity index (χ2v) is 2.76. The fraction of sp³-hybridized carbons (Fsp3) is 0.429. The predicted molar refractivity (Wildman–Crippen MR) is 46.7 cm³/mol. The predicted octanol–water partition coefficient (Wildman–Crippen LogP) is -2.16. The summed E-state index contributed by atoms with van der Waals surface area (Å²) in [7, 11) is 0. The summed E-state index contributed by atoms with van der Waals surface area (Å²) in [4.78, 5) is 21.3. The van der Waals surface area contributed by atoms with Gasteiger partial charge in [-0.2, -0.15) is 0 Å². The summed E-state index contributed by atoms with van der Waals surface area (Å²) in [6.07, 6.45) is 1.32. The number of aliphatic carboxylic acids is 1. The Morgan fingerprint density at radius 3 is 2.80 bits per heavy atom. The maximum Gasteiger partial charge on any atom is 0.334 e. The van der Waals surface area contributed by atoms with Gasteiger partial charge in [0, 0.05) is 6.20 Å². The average Bonchev–Trinajstić information content (AvgIpc) is 2.66. The third kappa shape index (κ3) is 3.73. The topological polar surface area (TPSA) is 117 Å². The minimum Gasteiger partial charge on any atom is -0.479 e. The standard InChI is InChI=1S/C7H10N4O4/c12-5(7(14)15)3-8-6(13)4-11-2-1-9-10-11/h1-2,5,12H,3-4H2,(H,8,13)(H,14,15)/t5-/m0/s1. The zero-order valence-electron chi connectivity index (χ0n) is 7.70. The van der Waals surface area contributed by atoms with E-state index in [-0.39, 0.29) is 13.1 Å². The third-order valence-electron chi connectivity index (χ3n) is 1.56. The first-order valence-corrected chi connectivity index (χ1v) is 4.11. The van der Waals surface area contributed by atoms with Gasteiger partial charge in [0.2, 0.25) is 5.91 Å². The zero-order chi connectivity index (χ0) is 11.3. The van der Waals surface area contributed by atoms with Gasteiger partial charge in [-0.1, -0.05) is 5.21 Å². The number of aliphatic hydroxyl groups is 1. The molecular weight excluding hydrogens is 204 g/mol. The molecule has 0 aliphatic rings. The lowest BCUT2D eigenvalue weighted by molar-refractivity contribution is -0.146. The molecule has 1 atom stereocenters. The lowest BCUT2D eigenvalue weighted by Gasteiger charge is -2.07. The summed E-state index contributed by atoms with van der Waals surface area (Å²) >= 11 is 0. The van der Waals surface area contributed by atoms with Gasteiger partial charge in [0.15, 0.2) is 6.10 Å². The van der Waals surface area contributed by atoms with Crippen molar-refractivity contribution in [3.63, 3.8) is 0 Å². The molecule has 0 fully saturated rings. The first-order chi connectivity index (χ1) is 7.09. The Labute approximate surface area is 84.5 Å². The lowest BCUT2D eigenvalue weighted by atomic mass is 10.3. The first-order valence-electron chi connectivity index (χ1n) is 4.11. The second-order valence-electron chi connectivity index (χ2n) is 2.76. The Bertz CT molecular complexity index is 337. The van der Waals surface area contributed by atoms with Crippen molar-refractivity contribution in [2.45, 2.75) is 12.6 Å². The van der Waals surface area contributed by atoms with Gasteiger partial charge in [-0.05, 0) is 0 Å². The number of carbonyl (C=O) groups excluding carboxylic acids is 1. The van der Waals surface area contributed by atoms with Crippen LogP contribution in [-0.4, -0.2) is 49.7 Å². The molecule has 1 aromatic rings. The largest absolute Gasteiger partial charge is 0.479 e. The highest BCUT2D eigenvalue weighted by atomic mass is 16.4. The van der Waals surface area contributed by atoms with Crippen molar-refractivity contribution in [2.75, 3.05) is 6.54 Å². The van der Waals surface area contributed by atoms with E-state index in [1.54, 1.807) is 0 Å².